The Morgan fingerprint density at radius 3 is 2.91 bits per heavy atom. The number of hydrogen-bond donors (Lipinski definition) is 1. The van der Waals surface area contributed by atoms with Gasteiger partial charge in [-0.2, -0.15) is 4.31 Å². The van der Waals surface area contributed by atoms with Crippen molar-refractivity contribution in [3.05, 3.63) is 17.0 Å². The molecular weight excluding hydrogens is 334 g/mol. The average Bonchev–Trinajstić information content (AvgIpc) is 3.12. The molecule has 23 heavy (non-hydrogen) atoms. The normalized spacial score (nSPS) is 26.2. The number of nitrogens with zero attached hydrogens (tertiary/aromatic N) is 2. The molecule has 2 atom stereocenters. The molecule has 128 valence electrons. The summed E-state index contributed by atoms with van der Waals surface area (Å²) in [5, 5.41) is 2.70. The Morgan fingerprint density at radius 2 is 2.17 bits per heavy atom. The van der Waals surface area contributed by atoms with Crippen LogP contribution in [0.1, 0.15) is 31.6 Å². The van der Waals surface area contributed by atoms with E-state index in [4.69, 9.17) is 0 Å². The smallest absolute Gasteiger partial charge is 0.252 e. The van der Waals surface area contributed by atoms with Crippen molar-refractivity contribution in [3.63, 3.8) is 0 Å². The molecule has 1 amide bonds. The quantitative estimate of drug-likeness (QED) is 0.880. The van der Waals surface area contributed by atoms with E-state index in [1.165, 1.54) is 18.3 Å². The van der Waals surface area contributed by atoms with Crippen molar-refractivity contribution in [1.29, 1.82) is 0 Å². The molecule has 3 rings (SSSR count). The van der Waals surface area contributed by atoms with Gasteiger partial charge in [0, 0.05) is 37.0 Å². The van der Waals surface area contributed by atoms with Gasteiger partial charge in [0.2, 0.25) is 5.91 Å². The van der Waals surface area contributed by atoms with Crippen LogP contribution in [0.5, 0.6) is 0 Å². The summed E-state index contributed by atoms with van der Waals surface area (Å²) < 4.78 is 28.0. The van der Waals surface area contributed by atoms with E-state index < -0.39 is 10.0 Å². The van der Waals surface area contributed by atoms with Crippen LogP contribution in [0.3, 0.4) is 0 Å². The molecule has 0 radical (unpaired) electrons. The SMILES string of the molecule is CC(=O)NCc1ccc(S(=O)(=O)N2C[C@@H]3CCCN3C[C@@H]2C)s1. The van der Waals surface area contributed by atoms with Crippen LogP contribution in [-0.4, -0.2) is 55.2 Å². The maximum absolute atomic E-state index is 13.0. The van der Waals surface area contributed by atoms with Crippen molar-refractivity contribution >= 4 is 27.3 Å². The number of piperazine rings is 1. The van der Waals surface area contributed by atoms with Crippen LogP contribution in [-0.2, 0) is 21.4 Å². The third-order valence-electron chi connectivity index (χ3n) is 4.59. The first-order valence-electron chi connectivity index (χ1n) is 7.97. The highest BCUT2D eigenvalue weighted by Gasteiger charge is 2.40. The molecule has 2 aliphatic heterocycles. The van der Waals surface area contributed by atoms with Gasteiger partial charge in [0.05, 0.1) is 6.54 Å². The number of carbonyl (C=O) groups excluding carboxylic acids is 1. The Kier molecular flexibility index (Phi) is 4.78. The Balaban J connectivity index is 1.76. The lowest BCUT2D eigenvalue weighted by atomic mass is 10.1. The number of fused-ring (bicyclic) bond motifs is 1. The van der Waals surface area contributed by atoms with Crippen LogP contribution >= 0.6 is 11.3 Å². The zero-order chi connectivity index (χ0) is 16.6. The van der Waals surface area contributed by atoms with Gasteiger partial charge in [-0.05, 0) is 38.4 Å². The number of thiophene rings is 1. The maximum atomic E-state index is 13.0. The largest absolute Gasteiger partial charge is 0.351 e. The van der Waals surface area contributed by atoms with Gasteiger partial charge in [-0.3, -0.25) is 9.69 Å². The van der Waals surface area contributed by atoms with Crippen LogP contribution in [0, 0.1) is 0 Å². The summed E-state index contributed by atoms with van der Waals surface area (Å²) >= 11 is 1.24. The van der Waals surface area contributed by atoms with Crippen LogP contribution in [0.4, 0.5) is 0 Å². The summed E-state index contributed by atoms with van der Waals surface area (Å²) in [4.78, 5) is 14.2. The Bertz CT molecular complexity index is 686. The second-order valence-electron chi connectivity index (χ2n) is 6.35. The fraction of sp³-hybridized carbons (Fsp3) is 0.667. The van der Waals surface area contributed by atoms with E-state index in [9.17, 15) is 13.2 Å². The standard InChI is InChI=1S/C15H23N3O3S2/c1-11-9-17-7-3-4-13(17)10-18(11)23(20,21)15-6-5-14(22-15)8-16-12(2)19/h5-6,11,13H,3-4,7-10H2,1-2H3,(H,16,19)/t11-,13-/m0/s1. The van der Waals surface area contributed by atoms with Gasteiger partial charge in [-0.25, -0.2) is 8.42 Å². The lowest BCUT2D eigenvalue weighted by Gasteiger charge is -2.41. The zero-order valence-corrected chi connectivity index (χ0v) is 15.1. The van der Waals surface area contributed by atoms with Crippen LogP contribution in [0.15, 0.2) is 16.3 Å². The van der Waals surface area contributed by atoms with Crippen LogP contribution in [0.25, 0.3) is 0 Å². The molecule has 1 aromatic heterocycles. The maximum Gasteiger partial charge on any atom is 0.252 e. The Hall–Kier alpha value is -0.960. The summed E-state index contributed by atoms with van der Waals surface area (Å²) in [5.41, 5.74) is 0. The first kappa shape index (κ1) is 16.9. The molecule has 0 spiro atoms. The summed E-state index contributed by atoms with van der Waals surface area (Å²) in [6.45, 7) is 6.30. The van der Waals surface area contributed by atoms with Gasteiger partial charge in [0.1, 0.15) is 4.21 Å². The summed E-state index contributed by atoms with van der Waals surface area (Å²) in [6, 6.07) is 3.80. The lowest BCUT2D eigenvalue weighted by molar-refractivity contribution is -0.119. The highest BCUT2D eigenvalue weighted by atomic mass is 32.2. The van der Waals surface area contributed by atoms with E-state index in [-0.39, 0.29) is 11.9 Å². The molecule has 0 saturated carbocycles. The molecule has 1 N–H and O–H groups in total. The molecular formula is C15H23N3O3S2. The van der Waals surface area contributed by atoms with Crippen molar-refractivity contribution in [2.45, 2.75) is 49.5 Å². The molecule has 0 aliphatic carbocycles. The number of carbonyl (C=O) groups is 1. The monoisotopic (exact) mass is 357 g/mol. The summed E-state index contributed by atoms with van der Waals surface area (Å²) in [6.07, 6.45) is 2.24. The minimum Gasteiger partial charge on any atom is -0.351 e. The van der Waals surface area contributed by atoms with Crippen molar-refractivity contribution in [2.24, 2.45) is 0 Å². The number of rotatable bonds is 4. The van der Waals surface area contributed by atoms with Gasteiger partial charge in [0.15, 0.2) is 0 Å². The topological polar surface area (TPSA) is 69.7 Å². The molecule has 2 aliphatic rings. The third kappa shape index (κ3) is 3.45. The zero-order valence-electron chi connectivity index (χ0n) is 13.5. The van der Waals surface area contributed by atoms with Gasteiger partial charge in [0.25, 0.3) is 10.0 Å². The predicted octanol–water partition coefficient (Wildman–Crippen LogP) is 1.24. The fourth-order valence-electron chi connectivity index (χ4n) is 3.41. The van der Waals surface area contributed by atoms with E-state index in [0.29, 0.717) is 23.3 Å². The molecule has 1 aromatic rings. The van der Waals surface area contributed by atoms with Crippen molar-refractivity contribution in [1.82, 2.24) is 14.5 Å². The van der Waals surface area contributed by atoms with Crippen LogP contribution < -0.4 is 5.32 Å². The van der Waals surface area contributed by atoms with E-state index >= 15 is 0 Å². The number of amides is 1. The van der Waals surface area contributed by atoms with Gasteiger partial charge in [-0.15, -0.1) is 11.3 Å². The molecule has 0 aromatic carbocycles. The first-order chi connectivity index (χ1) is 10.9. The van der Waals surface area contributed by atoms with Gasteiger partial charge >= 0.3 is 0 Å². The number of hydrogen-bond acceptors (Lipinski definition) is 5. The van der Waals surface area contributed by atoms with Gasteiger partial charge in [-0.1, -0.05) is 0 Å². The second-order valence-corrected chi connectivity index (χ2v) is 9.63. The predicted molar refractivity (Wildman–Crippen MR) is 89.8 cm³/mol. The van der Waals surface area contributed by atoms with Gasteiger partial charge < -0.3 is 5.32 Å². The highest BCUT2D eigenvalue weighted by Crippen LogP contribution is 2.31. The Labute approximate surface area is 141 Å². The average molecular weight is 358 g/mol. The molecule has 2 saturated heterocycles. The summed E-state index contributed by atoms with van der Waals surface area (Å²) in [5.74, 6) is -0.117. The van der Waals surface area contributed by atoms with Crippen molar-refractivity contribution in [2.75, 3.05) is 19.6 Å². The van der Waals surface area contributed by atoms with E-state index in [1.54, 1.807) is 16.4 Å². The fourth-order valence-corrected chi connectivity index (χ4v) is 6.50. The highest BCUT2D eigenvalue weighted by molar-refractivity contribution is 7.91. The minimum absolute atomic E-state index is 0.00440. The van der Waals surface area contributed by atoms with Crippen molar-refractivity contribution < 1.29 is 13.2 Å². The van der Waals surface area contributed by atoms with E-state index in [1.807, 2.05) is 6.92 Å². The third-order valence-corrected chi connectivity index (χ3v) is 8.12. The molecule has 0 unspecified atom stereocenters. The minimum atomic E-state index is -3.46. The van der Waals surface area contributed by atoms with E-state index in [2.05, 4.69) is 10.2 Å². The lowest BCUT2D eigenvalue weighted by Crippen LogP contribution is -2.56. The molecule has 2 fully saturated rings. The van der Waals surface area contributed by atoms with E-state index in [0.717, 1.165) is 30.8 Å². The molecule has 6 nitrogen and oxygen atoms in total. The molecule has 3 heterocycles. The first-order valence-corrected chi connectivity index (χ1v) is 10.2. The molecule has 0 bridgehead atoms. The number of nitrogens with one attached hydrogen (secondary N) is 1. The second kappa shape index (κ2) is 6.51. The Morgan fingerprint density at radius 1 is 1.39 bits per heavy atom. The van der Waals surface area contributed by atoms with Crippen molar-refractivity contribution in [3.8, 4) is 0 Å². The summed E-state index contributed by atoms with van der Waals surface area (Å²) in [7, 11) is -3.46. The van der Waals surface area contributed by atoms with Crippen LogP contribution in [0.2, 0.25) is 0 Å². The number of sulfonamides is 1. The molecule has 8 heteroatoms.